The van der Waals surface area contributed by atoms with Crippen LogP contribution in [0.5, 0.6) is 0 Å². The van der Waals surface area contributed by atoms with Crippen molar-refractivity contribution in [1.82, 2.24) is 20.5 Å². The summed E-state index contributed by atoms with van der Waals surface area (Å²) >= 11 is 1.60. The lowest BCUT2D eigenvalue weighted by atomic mass is 10.1. The highest BCUT2D eigenvalue weighted by atomic mass is 32.1. The third-order valence-corrected chi connectivity index (χ3v) is 5.47. The number of thiazole rings is 1. The second kappa shape index (κ2) is 7.20. The van der Waals surface area contributed by atoms with Crippen LogP contribution in [-0.4, -0.2) is 21.1 Å². The summed E-state index contributed by atoms with van der Waals surface area (Å²) in [4.78, 5) is 18.1. The van der Waals surface area contributed by atoms with Crippen molar-refractivity contribution < 1.29 is 9.21 Å². The van der Waals surface area contributed by atoms with Crippen molar-refractivity contribution in [3.8, 4) is 22.0 Å². The summed E-state index contributed by atoms with van der Waals surface area (Å²) in [7, 11) is 0. The van der Waals surface area contributed by atoms with Gasteiger partial charge in [-0.15, -0.1) is 11.3 Å². The first kappa shape index (κ1) is 17.2. The first-order chi connectivity index (χ1) is 13.1. The molecule has 0 spiro atoms. The number of aromatic nitrogens is 3. The average molecular weight is 378 g/mol. The molecule has 0 aliphatic heterocycles. The standard InChI is InChI=1S/C20H18N4O2S/c1-12-6-3-4-7-14(12)20-22-13(2)18(27-20)11-21-19(25)16-10-15(23-24-16)17-8-5-9-26-17/h3-10H,11H2,1-2H3,(H,21,25)(H,23,24). The van der Waals surface area contributed by atoms with Crippen LogP contribution in [0.15, 0.2) is 53.1 Å². The number of nitrogens with one attached hydrogen (secondary N) is 2. The summed E-state index contributed by atoms with van der Waals surface area (Å²) in [6, 6.07) is 13.4. The van der Waals surface area contributed by atoms with E-state index >= 15 is 0 Å². The van der Waals surface area contributed by atoms with Crippen molar-refractivity contribution in [3.63, 3.8) is 0 Å². The van der Waals surface area contributed by atoms with E-state index in [1.165, 1.54) is 5.56 Å². The van der Waals surface area contributed by atoms with E-state index in [-0.39, 0.29) is 5.91 Å². The van der Waals surface area contributed by atoms with Gasteiger partial charge >= 0.3 is 0 Å². The Bertz CT molecular complexity index is 1080. The van der Waals surface area contributed by atoms with Crippen molar-refractivity contribution in [2.45, 2.75) is 20.4 Å². The summed E-state index contributed by atoms with van der Waals surface area (Å²) in [6.45, 7) is 4.45. The van der Waals surface area contributed by atoms with E-state index < -0.39 is 0 Å². The van der Waals surface area contributed by atoms with Crippen molar-refractivity contribution in [3.05, 3.63) is 70.6 Å². The minimum Gasteiger partial charge on any atom is -0.463 e. The van der Waals surface area contributed by atoms with Crippen LogP contribution in [0.2, 0.25) is 0 Å². The van der Waals surface area contributed by atoms with Gasteiger partial charge in [-0.25, -0.2) is 4.98 Å². The van der Waals surface area contributed by atoms with E-state index in [2.05, 4.69) is 39.6 Å². The molecule has 4 aromatic rings. The van der Waals surface area contributed by atoms with Gasteiger partial charge in [0.25, 0.3) is 5.91 Å². The third-order valence-electron chi connectivity index (χ3n) is 4.27. The smallest absolute Gasteiger partial charge is 0.272 e. The lowest BCUT2D eigenvalue weighted by molar-refractivity contribution is 0.0946. The number of furan rings is 1. The van der Waals surface area contributed by atoms with Crippen LogP contribution >= 0.6 is 11.3 Å². The molecule has 1 aromatic carbocycles. The number of aryl methyl sites for hydroxylation is 2. The van der Waals surface area contributed by atoms with Crippen LogP contribution in [0.25, 0.3) is 22.0 Å². The van der Waals surface area contributed by atoms with Gasteiger partial charge in [-0.2, -0.15) is 5.10 Å². The molecular formula is C20H18N4O2S. The maximum absolute atomic E-state index is 12.4. The number of nitrogens with zero attached hydrogens (tertiary/aromatic N) is 2. The molecule has 0 unspecified atom stereocenters. The largest absolute Gasteiger partial charge is 0.463 e. The predicted molar refractivity (Wildman–Crippen MR) is 104 cm³/mol. The van der Waals surface area contributed by atoms with E-state index in [9.17, 15) is 4.79 Å². The first-order valence-electron chi connectivity index (χ1n) is 8.51. The molecule has 0 atom stereocenters. The maximum atomic E-state index is 12.4. The molecule has 3 aromatic heterocycles. The Labute approximate surface area is 160 Å². The van der Waals surface area contributed by atoms with Gasteiger partial charge in [-0.05, 0) is 31.5 Å². The van der Waals surface area contributed by atoms with Crippen LogP contribution in [0.3, 0.4) is 0 Å². The summed E-state index contributed by atoms with van der Waals surface area (Å²) < 4.78 is 5.30. The van der Waals surface area contributed by atoms with E-state index in [1.807, 2.05) is 25.1 Å². The fraction of sp³-hybridized carbons (Fsp3) is 0.150. The monoisotopic (exact) mass is 378 g/mol. The topological polar surface area (TPSA) is 83.8 Å². The molecule has 2 N–H and O–H groups in total. The van der Waals surface area contributed by atoms with Crippen LogP contribution < -0.4 is 5.32 Å². The zero-order valence-electron chi connectivity index (χ0n) is 14.9. The Hall–Kier alpha value is -3.19. The van der Waals surface area contributed by atoms with Gasteiger partial charge in [0.15, 0.2) is 11.5 Å². The molecule has 0 saturated carbocycles. The number of hydrogen-bond acceptors (Lipinski definition) is 5. The van der Waals surface area contributed by atoms with Crippen molar-refractivity contribution in [2.75, 3.05) is 0 Å². The third kappa shape index (κ3) is 3.54. The fourth-order valence-electron chi connectivity index (χ4n) is 2.77. The molecule has 1 amide bonds. The second-order valence-electron chi connectivity index (χ2n) is 6.17. The molecule has 136 valence electrons. The van der Waals surface area contributed by atoms with Gasteiger partial charge in [0.2, 0.25) is 0 Å². The van der Waals surface area contributed by atoms with Gasteiger partial charge in [0, 0.05) is 16.5 Å². The van der Waals surface area contributed by atoms with Gasteiger partial charge in [0.1, 0.15) is 10.7 Å². The SMILES string of the molecule is Cc1ccccc1-c1nc(C)c(CNC(=O)c2cc(-c3ccco3)[nH]n2)s1. The lowest BCUT2D eigenvalue weighted by Crippen LogP contribution is -2.23. The molecule has 0 saturated heterocycles. The highest BCUT2D eigenvalue weighted by Gasteiger charge is 2.15. The zero-order valence-corrected chi connectivity index (χ0v) is 15.8. The second-order valence-corrected chi connectivity index (χ2v) is 7.25. The molecule has 0 aliphatic carbocycles. The van der Waals surface area contributed by atoms with Crippen molar-refractivity contribution >= 4 is 17.2 Å². The molecule has 7 heteroatoms. The number of carbonyl (C=O) groups is 1. The Morgan fingerprint density at radius 3 is 2.85 bits per heavy atom. The number of amides is 1. The highest BCUT2D eigenvalue weighted by Crippen LogP contribution is 2.30. The molecule has 0 radical (unpaired) electrons. The number of benzene rings is 1. The van der Waals surface area contributed by atoms with Gasteiger partial charge in [-0.3, -0.25) is 9.89 Å². The van der Waals surface area contributed by atoms with Crippen LogP contribution in [0.1, 0.15) is 26.6 Å². The molecule has 0 aliphatic rings. The van der Waals surface area contributed by atoms with Crippen molar-refractivity contribution in [1.29, 1.82) is 0 Å². The molecule has 27 heavy (non-hydrogen) atoms. The van der Waals surface area contributed by atoms with Gasteiger partial charge in [0.05, 0.1) is 18.5 Å². The van der Waals surface area contributed by atoms with E-state index in [0.29, 0.717) is 23.7 Å². The highest BCUT2D eigenvalue weighted by molar-refractivity contribution is 7.15. The Morgan fingerprint density at radius 1 is 1.22 bits per heavy atom. The normalized spacial score (nSPS) is 10.9. The van der Waals surface area contributed by atoms with Crippen LogP contribution in [0, 0.1) is 13.8 Å². The summed E-state index contributed by atoms with van der Waals surface area (Å²) in [5, 5.41) is 10.8. The summed E-state index contributed by atoms with van der Waals surface area (Å²) in [5.41, 5.74) is 4.22. The minimum atomic E-state index is -0.241. The molecular weight excluding hydrogens is 360 g/mol. The molecule has 0 fully saturated rings. The van der Waals surface area contributed by atoms with Crippen molar-refractivity contribution in [2.24, 2.45) is 0 Å². The fourth-order valence-corrected chi connectivity index (χ4v) is 3.86. The predicted octanol–water partition coefficient (Wildman–Crippen LogP) is 4.34. The number of hydrogen-bond donors (Lipinski definition) is 2. The van der Waals surface area contributed by atoms with Gasteiger partial charge in [-0.1, -0.05) is 24.3 Å². The number of aromatic amines is 1. The molecule has 6 nitrogen and oxygen atoms in total. The average Bonchev–Trinajstić information content (AvgIpc) is 3.40. The molecule has 0 bridgehead atoms. The summed E-state index contributed by atoms with van der Waals surface area (Å²) in [5.74, 6) is 0.400. The van der Waals surface area contributed by atoms with E-state index in [0.717, 1.165) is 21.1 Å². The molecule has 4 rings (SSSR count). The Balaban J connectivity index is 1.46. The zero-order chi connectivity index (χ0) is 18.8. The van der Waals surface area contributed by atoms with E-state index in [1.54, 1.807) is 29.7 Å². The number of rotatable bonds is 5. The Kier molecular flexibility index (Phi) is 4.60. The number of carbonyl (C=O) groups excluding carboxylic acids is 1. The summed E-state index contributed by atoms with van der Waals surface area (Å²) in [6.07, 6.45) is 1.58. The minimum absolute atomic E-state index is 0.241. The van der Waals surface area contributed by atoms with E-state index in [4.69, 9.17) is 4.42 Å². The molecule has 3 heterocycles. The van der Waals surface area contributed by atoms with Gasteiger partial charge < -0.3 is 9.73 Å². The first-order valence-corrected chi connectivity index (χ1v) is 9.33. The quantitative estimate of drug-likeness (QED) is 0.541. The Morgan fingerprint density at radius 2 is 2.07 bits per heavy atom. The maximum Gasteiger partial charge on any atom is 0.272 e. The van der Waals surface area contributed by atoms with Crippen LogP contribution in [-0.2, 0) is 6.54 Å². The lowest BCUT2D eigenvalue weighted by Gasteiger charge is -2.01. The number of H-pyrrole nitrogens is 1. The van der Waals surface area contributed by atoms with Crippen LogP contribution in [0.4, 0.5) is 0 Å².